The molecule has 0 radical (unpaired) electrons. The molecule has 2 rings (SSSR count). The van der Waals surface area contributed by atoms with E-state index in [0.717, 1.165) is 0 Å². The number of nitrogens with two attached hydrogens (primary N) is 1. The lowest BCUT2D eigenvalue weighted by molar-refractivity contribution is 0.108. The topological polar surface area (TPSA) is 50.9 Å². The third kappa shape index (κ3) is 2.18. The van der Waals surface area contributed by atoms with Crippen LogP contribution in [0.5, 0.6) is 0 Å². The number of ether oxygens (including phenoxy) is 1. The normalized spacial score (nSPS) is 23.3. The summed E-state index contributed by atoms with van der Waals surface area (Å²) in [7, 11) is 0. The SMILES string of the molecule is CCOCC1(C)CN=C(N)N1c1ccccc1F. The van der Waals surface area contributed by atoms with Gasteiger partial charge in [0.1, 0.15) is 5.82 Å². The highest BCUT2D eigenvalue weighted by Crippen LogP contribution is 2.30. The van der Waals surface area contributed by atoms with E-state index < -0.39 is 5.54 Å². The number of hydrogen-bond acceptors (Lipinski definition) is 4. The van der Waals surface area contributed by atoms with Crippen molar-refractivity contribution in [1.29, 1.82) is 0 Å². The molecule has 0 amide bonds. The number of hydrogen-bond donors (Lipinski definition) is 1. The minimum absolute atomic E-state index is 0.305. The van der Waals surface area contributed by atoms with Crippen molar-refractivity contribution in [3.63, 3.8) is 0 Å². The molecule has 0 bridgehead atoms. The molecular formula is C13H18FN3O. The van der Waals surface area contributed by atoms with Crippen LogP contribution in [0.2, 0.25) is 0 Å². The Morgan fingerprint density at radius 1 is 1.50 bits per heavy atom. The van der Waals surface area contributed by atoms with Crippen LogP contribution in [-0.4, -0.2) is 31.3 Å². The van der Waals surface area contributed by atoms with Gasteiger partial charge in [-0.15, -0.1) is 0 Å². The molecule has 0 spiro atoms. The van der Waals surface area contributed by atoms with Gasteiger partial charge in [0.25, 0.3) is 0 Å². The van der Waals surface area contributed by atoms with Gasteiger partial charge < -0.3 is 10.5 Å². The monoisotopic (exact) mass is 251 g/mol. The third-order valence-electron chi connectivity index (χ3n) is 3.06. The van der Waals surface area contributed by atoms with Gasteiger partial charge in [-0.05, 0) is 26.0 Å². The number of aliphatic imine (C=N–C) groups is 1. The minimum atomic E-state index is -0.428. The van der Waals surface area contributed by atoms with Crippen molar-refractivity contribution in [1.82, 2.24) is 0 Å². The Labute approximate surface area is 106 Å². The van der Waals surface area contributed by atoms with Crippen LogP contribution < -0.4 is 10.6 Å². The van der Waals surface area contributed by atoms with Crippen molar-refractivity contribution >= 4 is 11.6 Å². The molecule has 1 aliphatic heterocycles. The lowest BCUT2D eigenvalue weighted by Crippen LogP contribution is -2.53. The van der Waals surface area contributed by atoms with E-state index in [0.29, 0.717) is 31.4 Å². The predicted octanol–water partition coefficient (Wildman–Crippen LogP) is 1.76. The fourth-order valence-electron chi connectivity index (χ4n) is 2.15. The Morgan fingerprint density at radius 2 is 2.22 bits per heavy atom. The Balaban J connectivity index is 2.33. The summed E-state index contributed by atoms with van der Waals surface area (Å²) in [6.07, 6.45) is 0. The Hall–Kier alpha value is -1.62. The van der Waals surface area contributed by atoms with E-state index in [1.54, 1.807) is 23.1 Å². The molecule has 0 saturated heterocycles. The van der Waals surface area contributed by atoms with E-state index in [9.17, 15) is 4.39 Å². The lowest BCUT2D eigenvalue weighted by atomic mass is 10.0. The van der Waals surface area contributed by atoms with E-state index in [-0.39, 0.29) is 5.82 Å². The summed E-state index contributed by atoms with van der Waals surface area (Å²) < 4.78 is 19.4. The van der Waals surface area contributed by atoms with Gasteiger partial charge in [-0.25, -0.2) is 4.39 Å². The van der Waals surface area contributed by atoms with Gasteiger partial charge in [0.2, 0.25) is 0 Å². The largest absolute Gasteiger partial charge is 0.379 e. The molecule has 1 heterocycles. The van der Waals surface area contributed by atoms with Gasteiger partial charge in [-0.3, -0.25) is 9.89 Å². The van der Waals surface area contributed by atoms with Crippen molar-refractivity contribution in [3.8, 4) is 0 Å². The first kappa shape index (κ1) is 12.8. The molecule has 0 aliphatic carbocycles. The highest BCUT2D eigenvalue weighted by Gasteiger charge is 2.40. The second-order valence-corrected chi connectivity index (χ2v) is 4.60. The molecule has 1 aromatic rings. The van der Waals surface area contributed by atoms with Gasteiger partial charge in [0.05, 0.1) is 24.4 Å². The fourth-order valence-corrected chi connectivity index (χ4v) is 2.15. The van der Waals surface area contributed by atoms with E-state index in [2.05, 4.69) is 4.99 Å². The maximum absolute atomic E-state index is 13.9. The standard InChI is InChI=1S/C13H18FN3O/c1-3-18-9-13(2)8-16-12(15)17(13)11-7-5-4-6-10(11)14/h4-7H,3,8-9H2,1-2H3,(H2,15,16). The zero-order valence-electron chi connectivity index (χ0n) is 10.7. The summed E-state index contributed by atoms with van der Waals surface area (Å²) in [6, 6.07) is 6.56. The zero-order valence-corrected chi connectivity index (χ0v) is 10.7. The van der Waals surface area contributed by atoms with Crippen molar-refractivity contribution in [2.75, 3.05) is 24.7 Å². The number of nitrogens with zero attached hydrogens (tertiary/aromatic N) is 2. The molecule has 1 unspecified atom stereocenters. The molecule has 0 fully saturated rings. The number of halogens is 1. The maximum Gasteiger partial charge on any atom is 0.196 e. The highest BCUT2D eigenvalue weighted by atomic mass is 19.1. The lowest BCUT2D eigenvalue weighted by Gasteiger charge is -2.35. The van der Waals surface area contributed by atoms with Crippen molar-refractivity contribution in [2.45, 2.75) is 19.4 Å². The van der Waals surface area contributed by atoms with Crippen LogP contribution in [0, 0.1) is 5.82 Å². The molecule has 1 aromatic carbocycles. The number of benzene rings is 1. The molecule has 18 heavy (non-hydrogen) atoms. The predicted molar refractivity (Wildman–Crippen MR) is 70.3 cm³/mol. The molecule has 1 atom stereocenters. The van der Waals surface area contributed by atoms with Crippen LogP contribution in [0.15, 0.2) is 29.3 Å². The first-order valence-corrected chi connectivity index (χ1v) is 6.01. The van der Waals surface area contributed by atoms with Crippen LogP contribution in [0.1, 0.15) is 13.8 Å². The molecule has 2 N–H and O–H groups in total. The average Bonchev–Trinajstić information content (AvgIpc) is 2.65. The van der Waals surface area contributed by atoms with E-state index in [4.69, 9.17) is 10.5 Å². The zero-order chi connectivity index (χ0) is 13.2. The number of para-hydroxylation sites is 1. The highest BCUT2D eigenvalue weighted by molar-refractivity contribution is 5.98. The molecule has 5 heteroatoms. The van der Waals surface area contributed by atoms with E-state index in [1.807, 2.05) is 13.8 Å². The van der Waals surface area contributed by atoms with Crippen LogP contribution >= 0.6 is 0 Å². The maximum atomic E-state index is 13.9. The first-order chi connectivity index (χ1) is 8.58. The average molecular weight is 251 g/mol. The summed E-state index contributed by atoms with van der Waals surface area (Å²) in [5.41, 5.74) is 5.90. The van der Waals surface area contributed by atoms with Gasteiger partial charge in [-0.1, -0.05) is 12.1 Å². The Morgan fingerprint density at radius 3 is 2.89 bits per heavy atom. The second-order valence-electron chi connectivity index (χ2n) is 4.60. The number of rotatable bonds is 4. The summed E-state index contributed by atoms with van der Waals surface area (Å²) in [4.78, 5) is 5.94. The van der Waals surface area contributed by atoms with Crippen LogP contribution in [0.25, 0.3) is 0 Å². The van der Waals surface area contributed by atoms with Gasteiger partial charge in [-0.2, -0.15) is 0 Å². The summed E-state index contributed by atoms with van der Waals surface area (Å²) in [5.74, 6) is 0.0302. The van der Waals surface area contributed by atoms with Crippen LogP contribution in [-0.2, 0) is 4.74 Å². The number of anilines is 1. The fraction of sp³-hybridized carbons (Fsp3) is 0.462. The first-order valence-electron chi connectivity index (χ1n) is 6.01. The van der Waals surface area contributed by atoms with Crippen LogP contribution in [0.4, 0.5) is 10.1 Å². The third-order valence-corrected chi connectivity index (χ3v) is 3.06. The van der Waals surface area contributed by atoms with Gasteiger partial charge in [0, 0.05) is 6.61 Å². The van der Waals surface area contributed by atoms with Crippen LogP contribution in [0.3, 0.4) is 0 Å². The molecular weight excluding hydrogens is 233 g/mol. The van der Waals surface area contributed by atoms with Gasteiger partial charge >= 0.3 is 0 Å². The number of guanidine groups is 1. The van der Waals surface area contributed by atoms with E-state index in [1.165, 1.54) is 6.07 Å². The quantitative estimate of drug-likeness (QED) is 0.887. The summed E-state index contributed by atoms with van der Waals surface area (Å²) in [6.45, 7) is 5.48. The Kier molecular flexibility index (Phi) is 3.52. The molecule has 4 nitrogen and oxygen atoms in total. The molecule has 98 valence electrons. The molecule has 0 saturated carbocycles. The minimum Gasteiger partial charge on any atom is -0.379 e. The van der Waals surface area contributed by atoms with Crippen molar-refractivity contribution < 1.29 is 9.13 Å². The summed E-state index contributed by atoms with van der Waals surface area (Å²) >= 11 is 0. The molecule has 1 aliphatic rings. The smallest absolute Gasteiger partial charge is 0.196 e. The van der Waals surface area contributed by atoms with Crippen molar-refractivity contribution in [2.24, 2.45) is 10.7 Å². The van der Waals surface area contributed by atoms with Gasteiger partial charge in [0.15, 0.2) is 5.96 Å². The summed E-state index contributed by atoms with van der Waals surface area (Å²) in [5, 5.41) is 0. The van der Waals surface area contributed by atoms with Crippen molar-refractivity contribution in [3.05, 3.63) is 30.1 Å². The van der Waals surface area contributed by atoms with E-state index >= 15 is 0 Å². The Bertz CT molecular complexity index is 463. The second kappa shape index (κ2) is 4.94. The molecule has 0 aromatic heterocycles.